The van der Waals surface area contributed by atoms with E-state index in [4.69, 9.17) is 0 Å². The van der Waals surface area contributed by atoms with Gasteiger partial charge in [-0.25, -0.2) is 4.98 Å². The Bertz CT molecular complexity index is 638. The topological polar surface area (TPSA) is 55.2 Å². The van der Waals surface area contributed by atoms with E-state index in [1.165, 1.54) is 11.8 Å². The number of hydrogen-bond acceptors (Lipinski definition) is 5. The minimum absolute atomic E-state index is 0.0537. The van der Waals surface area contributed by atoms with E-state index in [9.17, 15) is 9.59 Å². The third-order valence-corrected chi connectivity index (χ3v) is 6.24. The van der Waals surface area contributed by atoms with E-state index in [0.29, 0.717) is 22.7 Å². The third kappa shape index (κ3) is 3.06. The third-order valence-electron chi connectivity index (χ3n) is 4.06. The molecule has 3 rings (SSSR count). The lowest BCUT2D eigenvalue weighted by Crippen LogP contribution is -2.30. The van der Waals surface area contributed by atoms with E-state index >= 15 is 0 Å². The van der Waals surface area contributed by atoms with Crippen LogP contribution in [0.25, 0.3) is 0 Å². The Morgan fingerprint density at radius 3 is 2.82 bits per heavy atom. The normalized spacial score (nSPS) is 20.5. The average molecular weight is 339 g/mol. The molecule has 0 unspecified atom stereocenters. The van der Waals surface area contributed by atoms with E-state index in [-0.39, 0.29) is 11.5 Å². The molecule has 0 aromatic carbocycles. The quantitative estimate of drug-likeness (QED) is 0.620. The molecule has 0 spiro atoms. The van der Waals surface area contributed by atoms with Gasteiger partial charge in [0, 0.05) is 31.3 Å². The largest absolute Gasteiger partial charge is 0.342 e. The van der Waals surface area contributed by atoms with Crippen LogP contribution in [0.4, 0.5) is 0 Å². The first-order chi connectivity index (χ1) is 10.6. The van der Waals surface area contributed by atoms with Gasteiger partial charge in [-0.15, -0.1) is 11.8 Å². The SMILES string of the molecule is CCn1c(SCC(=O)N2CCCC2)nc2c(c1=O)S[C@@H](C)C2. The summed E-state index contributed by atoms with van der Waals surface area (Å²) in [5.41, 5.74) is 0.960. The van der Waals surface area contributed by atoms with Crippen molar-refractivity contribution in [2.45, 2.75) is 55.0 Å². The first kappa shape index (κ1) is 15.9. The second-order valence-electron chi connectivity index (χ2n) is 5.73. The van der Waals surface area contributed by atoms with E-state index in [2.05, 4.69) is 11.9 Å². The predicted molar refractivity (Wildman–Crippen MR) is 89.7 cm³/mol. The summed E-state index contributed by atoms with van der Waals surface area (Å²) in [6.07, 6.45) is 3.04. The lowest BCUT2D eigenvalue weighted by Gasteiger charge is -2.16. The molecule has 7 heteroatoms. The van der Waals surface area contributed by atoms with Gasteiger partial charge < -0.3 is 4.90 Å². The van der Waals surface area contributed by atoms with Crippen molar-refractivity contribution >= 4 is 29.4 Å². The fourth-order valence-corrected chi connectivity index (χ4v) is 5.00. The highest BCUT2D eigenvalue weighted by Crippen LogP contribution is 2.34. The summed E-state index contributed by atoms with van der Waals surface area (Å²) in [6, 6.07) is 0. The van der Waals surface area contributed by atoms with Crippen molar-refractivity contribution in [3.05, 3.63) is 16.0 Å². The van der Waals surface area contributed by atoms with Crippen LogP contribution in [0.1, 0.15) is 32.4 Å². The van der Waals surface area contributed by atoms with Gasteiger partial charge in [-0.2, -0.15) is 0 Å². The standard InChI is InChI=1S/C15H21N3O2S2/c1-3-18-14(20)13-11(8-10(2)22-13)16-15(18)21-9-12(19)17-6-4-5-7-17/h10H,3-9H2,1-2H3/t10-/m0/s1. The number of thioether (sulfide) groups is 2. The number of carbonyl (C=O) groups excluding carboxylic acids is 1. The summed E-state index contributed by atoms with van der Waals surface area (Å²) in [4.78, 5) is 32.1. The summed E-state index contributed by atoms with van der Waals surface area (Å²) >= 11 is 3.02. The lowest BCUT2D eigenvalue weighted by atomic mass is 10.2. The number of rotatable bonds is 4. The van der Waals surface area contributed by atoms with Crippen molar-refractivity contribution in [1.29, 1.82) is 0 Å². The van der Waals surface area contributed by atoms with Crippen LogP contribution in [0.5, 0.6) is 0 Å². The van der Waals surface area contributed by atoms with Crippen LogP contribution in [-0.4, -0.2) is 44.5 Å². The molecule has 0 N–H and O–H groups in total. The molecule has 22 heavy (non-hydrogen) atoms. The molecule has 0 saturated carbocycles. The number of amides is 1. The van der Waals surface area contributed by atoms with Crippen molar-refractivity contribution < 1.29 is 4.79 Å². The molecule has 2 aliphatic heterocycles. The number of aromatic nitrogens is 2. The first-order valence-electron chi connectivity index (χ1n) is 7.81. The second kappa shape index (κ2) is 6.66. The Labute approximate surface area is 138 Å². The maximum absolute atomic E-state index is 12.6. The molecule has 2 aliphatic rings. The van der Waals surface area contributed by atoms with Crippen LogP contribution in [0, 0.1) is 0 Å². The monoisotopic (exact) mass is 339 g/mol. The van der Waals surface area contributed by atoms with Gasteiger partial charge in [-0.05, 0) is 19.8 Å². The number of carbonyl (C=O) groups is 1. The Morgan fingerprint density at radius 1 is 1.41 bits per heavy atom. The Hall–Kier alpha value is -0.950. The van der Waals surface area contributed by atoms with E-state index < -0.39 is 0 Å². The van der Waals surface area contributed by atoms with Crippen LogP contribution in [0.15, 0.2) is 14.8 Å². The van der Waals surface area contributed by atoms with E-state index in [0.717, 1.165) is 42.9 Å². The van der Waals surface area contributed by atoms with Gasteiger partial charge in [0.25, 0.3) is 5.56 Å². The summed E-state index contributed by atoms with van der Waals surface area (Å²) in [5.74, 6) is 0.524. The highest BCUT2D eigenvalue weighted by atomic mass is 32.2. The van der Waals surface area contributed by atoms with E-state index in [1.54, 1.807) is 16.3 Å². The van der Waals surface area contributed by atoms with Crippen molar-refractivity contribution in [1.82, 2.24) is 14.5 Å². The van der Waals surface area contributed by atoms with Gasteiger partial charge in [0.2, 0.25) is 5.91 Å². The van der Waals surface area contributed by atoms with Gasteiger partial charge in [0.05, 0.1) is 16.3 Å². The fraction of sp³-hybridized carbons (Fsp3) is 0.667. The maximum Gasteiger partial charge on any atom is 0.268 e. The zero-order valence-corrected chi connectivity index (χ0v) is 14.6. The summed E-state index contributed by atoms with van der Waals surface area (Å²) < 4.78 is 1.70. The Balaban J connectivity index is 1.78. The van der Waals surface area contributed by atoms with Gasteiger partial charge in [0.1, 0.15) is 0 Å². The van der Waals surface area contributed by atoms with Gasteiger partial charge >= 0.3 is 0 Å². The zero-order chi connectivity index (χ0) is 15.7. The molecule has 1 saturated heterocycles. The molecule has 1 aromatic heterocycles. The fourth-order valence-electron chi connectivity index (χ4n) is 2.90. The molecule has 3 heterocycles. The van der Waals surface area contributed by atoms with Crippen molar-refractivity contribution in [3.8, 4) is 0 Å². The molecule has 0 aliphatic carbocycles. The molecule has 5 nitrogen and oxygen atoms in total. The first-order valence-corrected chi connectivity index (χ1v) is 9.67. The van der Waals surface area contributed by atoms with Crippen LogP contribution < -0.4 is 5.56 Å². The molecule has 120 valence electrons. The minimum Gasteiger partial charge on any atom is -0.342 e. The molecule has 1 aromatic rings. The Morgan fingerprint density at radius 2 is 2.14 bits per heavy atom. The van der Waals surface area contributed by atoms with Crippen LogP contribution in [0.3, 0.4) is 0 Å². The number of nitrogens with zero attached hydrogens (tertiary/aromatic N) is 3. The molecular formula is C15H21N3O2S2. The predicted octanol–water partition coefficient (Wildman–Crippen LogP) is 2.01. The lowest BCUT2D eigenvalue weighted by molar-refractivity contribution is -0.127. The summed E-state index contributed by atoms with van der Waals surface area (Å²) in [6.45, 7) is 6.39. The highest BCUT2D eigenvalue weighted by molar-refractivity contribution is 8.00. The van der Waals surface area contributed by atoms with E-state index in [1.807, 2.05) is 11.8 Å². The molecule has 1 atom stereocenters. The maximum atomic E-state index is 12.6. The van der Waals surface area contributed by atoms with Crippen LogP contribution >= 0.6 is 23.5 Å². The van der Waals surface area contributed by atoms with Gasteiger partial charge in [0.15, 0.2) is 5.16 Å². The molecule has 1 fully saturated rings. The second-order valence-corrected chi connectivity index (χ2v) is 8.12. The molecule has 1 amide bonds. The summed E-state index contributed by atoms with van der Waals surface area (Å²) in [7, 11) is 0. The van der Waals surface area contributed by atoms with Gasteiger partial charge in [-0.3, -0.25) is 14.2 Å². The number of fused-ring (bicyclic) bond motifs is 1. The minimum atomic E-state index is 0.0537. The molecular weight excluding hydrogens is 318 g/mol. The average Bonchev–Trinajstić information content (AvgIpc) is 3.14. The van der Waals surface area contributed by atoms with Crippen molar-refractivity contribution in [2.24, 2.45) is 0 Å². The summed E-state index contributed by atoms with van der Waals surface area (Å²) in [5, 5.41) is 1.10. The van der Waals surface area contributed by atoms with Crippen LogP contribution in [0.2, 0.25) is 0 Å². The van der Waals surface area contributed by atoms with Crippen molar-refractivity contribution in [3.63, 3.8) is 0 Å². The van der Waals surface area contributed by atoms with Gasteiger partial charge in [-0.1, -0.05) is 18.7 Å². The van der Waals surface area contributed by atoms with Crippen LogP contribution in [-0.2, 0) is 17.8 Å². The smallest absolute Gasteiger partial charge is 0.268 e. The number of hydrogen-bond donors (Lipinski definition) is 0. The number of likely N-dealkylation sites (tertiary alicyclic amines) is 1. The molecule has 0 bridgehead atoms. The highest BCUT2D eigenvalue weighted by Gasteiger charge is 2.26. The van der Waals surface area contributed by atoms with Crippen molar-refractivity contribution in [2.75, 3.05) is 18.8 Å². The zero-order valence-electron chi connectivity index (χ0n) is 13.0. The molecule has 0 radical (unpaired) electrons. The Kier molecular flexibility index (Phi) is 4.82.